The zero-order valence-electron chi connectivity index (χ0n) is 11.7. The summed E-state index contributed by atoms with van der Waals surface area (Å²) in [4.78, 5) is 0. The molecule has 0 saturated carbocycles. The van der Waals surface area contributed by atoms with Crippen LogP contribution in [-0.2, 0) is 6.61 Å². The van der Waals surface area contributed by atoms with Crippen LogP contribution in [0.4, 0.5) is 0 Å². The standard InChI is InChI=1S/C17H20O2/c1-12(2)13-8-9-16(17(10-13)19-3)15-7-5-4-6-14(15)11-18/h4-10,12,18H,11H2,1-3H3. The van der Waals surface area contributed by atoms with Gasteiger partial charge in [-0.05, 0) is 28.7 Å². The van der Waals surface area contributed by atoms with Crippen molar-refractivity contribution in [1.29, 1.82) is 0 Å². The van der Waals surface area contributed by atoms with Crippen LogP contribution in [0.5, 0.6) is 5.75 Å². The lowest BCUT2D eigenvalue weighted by atomic mass is 9.95. The van der Waals surface area contributed by atoms with Crippen LogP contribution < -0.4 is 4.74 Å². The fourth-order valence-electron chi connectivity index (χ4n) is 2.21. The average Bonchev–Trinajstić information content (AvgIpc) is 2.46. The summed E-state index contributed by atoms with van der Waals surface area (Å²) in [6, 6.07) is 14.1. The zero-order valence-corrected chi connectivity index (χ0v) is 11.7. The molecule has 0 amide bonds. The molecule has 100 valence electrons. The highest BCUT2D eigenvalue weighted by Crippen LogP contribution is 2.34. The van der Waals surface area contributed by atoms with Crippen molar-refractivity contribution < 1.29 is 9.84 Å². The molecule has 0 unspecified atom stereocenters. The van der Waals surface area contributed by atoms with Gasteiger partial charge in [0.25, 0.3) is 0 Å². The summed E-state index contributed by atoms with van der Waals surface area (Å²) < 4.78 is 5.51. The van der Waals surface area contributed by atoms with Crippen molar-refractivity contribution in [3.63, 3.8) is 0 Å². The Bertz CT molecular complexity index is 559. The van der Waals surface area contributed by atoms with Crippen molar-refractivity contribution in [2.75, 3.05) is 7.11 Å². The molecule has 19 heavy (non-hydrogen) atoms. The Labute approximate surface area is 114 Å². The number of ether oxygens (including phenoxy) is 1. The van der Waals surface area contributed by atoms with Gasteiger partial charge in [0.15, 0.2) is 0 Å². The first kappa shape index (κ1) is 13.6. The van der Waals surface area contributed by atoms with Crippen molar-refractivity contribution in [3.05, 3.63) is 53.6 Å². The van der Waals surface area contributed by atoms with E-state index in [0.29, 0.717) is 5.92 Å². The molecule has 2 rings (SSSR count). The van der Waals surface area contributed by atoms with Gasteiger partial charge in [-0.3, -0.25) is 0 Å². The highest BCUT2D eigenvalue weighted by Gasteiger charge is 2.11. The molecule has 2 heteroatoms. The summed E-state index contributed by atoms with van der Waals surface area (Å²) in [5, 5.41) is 9.45. The van der Waals surface area contributed by atoms with E-state index in [1.165, 1.54) is 5.56 Å². The third kappa shape index (κ3) is 2.79. The molecule has 0 aromatic heterocycles. The highest BCUT2D eigenvalue weighted by atomic mass is 16.5. The van der Waals surface area contributed by atoms with Crippen LogP contribution in [-0.4, -0.2) is 12.2 Å². The van der Waals surface area contributed by atoms with E-state index in [0.717, 1.165) is 22.4 Å². The van der Waals surface area contributed by atoms with E-state index in [2.05, 4.69) is 32.0 Å². The minimum Gasteiger partial charge on any atom is -0.496 e. The Morgan fingerprint density at radius 3 is 2.42 bits per heavy atom. The van der Waals surface area contributed by atoms with Crippen LogP contribution >= 0.6 is 0 Å². The second-order valence-corrected chi connectivity index (χ2v) is 4.93. The number of hydrogen-bond donors (Lipinski definition) is 1. The lowest BCUT2D eigenvalue weighted by Gasteiger charge is -2.14. The van der Waals surface area contributed by atoms with Gasteiger partial charge in [0.1, 0.15) is 5.75 Å². The maximum absolute atomic E-state index is 9.45. The molecule has 2 aromatic rings. The maximum atomic E-state index is 9.45. The maximum Gasteiger partial charge on any atom is 0.126 e. The fourth-order valence-corrected chi connectivity index (χ4v) is 2.21. The number of aliphatic hydroxyl groups excluding tert-OH is 1. The molecule has 0 spiro atoms. The Morgan fingerprint density at radius 2 is 1.79 bits per heavy atom. The van der Waals surface area contributed by atoms with Crippen molar-refractivity contribution in [2.24, 2.45) is 0 Å². The molecule has 0 atom stereocenters. The molecule has 0 radical (unpaired) electrons. The van der Waals surface area contributed by atoms with Crippen LogP contribution in [0.1, 0.15) is 30.9 Å². The Hall–Kier alpha value is -1.80. The van der Waals surface area contributed by atoms with Gasteiger partial charge in [-0.1, -0.05) is 50.2 Å². The van der Waals surface area contributed by atoms with E-state index in [-0.39, 0.29) is 6.61 Å². The summed E-state index contributed by atoms with van der Waals surface area (Å²) in [5.41, 5.74) is 4.22. The van der Waals surface area contributed by atoms with Gasteiger partial charge in [0.2, 0.25) is 0 Å². The summed E-state index contributed by atoms with van der Waals surface area (Å²) in [5.74, 6) is 1.32. The second kappa shape index (κ2) is 5.89. The molecule has 0 heterocycles. The molecule has 0 aliphatic rings. The van der Waals surface area contributed by atoms with Crippen LogP contribution in [0.2, 0.25) is 0 Å². The van der Waals surface area contributed by atoms with Gasteiger partial charge < -0.3 is 9.84 Å². The molecule has 0 fully saturated rings. The largest absolute Gasteiger partial charge is 0.496 e. The number of aliphatic hydroxyl groups is 1. The van der Waals surface area contributed by atoms with Gasteiger partial charge >= 0.3 is 0 Å². The third-order valence-electron chi connectivity index (χ3n) is 3.37. The van der Waals surface area contributed by atoms with Gasteiger partial charge in [0.05, 0.1) is 13.7 Å². The molecule has 2 nitrogen and oxygen atoms in total. The summed E-state index contributed by atoms with van der Waals surface area (Å²) in [6.45, 7) is 4.36. The molecule has 0 aliphatic carbocycles. The monoisotopic (exact) mass is 256 g/mol. The van der Waals surface area contributed by atoms with Crippen LogP contribution in [0.3, 0.4) is 0 Å². The first-order valence-electron chi connectivity index (χ1n) is 6.54. The lowest BCUT2D eigenvalue weighted by Crippen LogP contribution is -1.95. The van der Waals surface area contributed by atoms with E-state index in [1.807, 2.05) is 24.3 Å². The lowest BCUT2D eigenvalue weighted by molar-refractivity contribution is 0.282. The quantitative estimate of drug-likeness (QED) is 0.896. The van der Waals surface area contributed by atoms with Crippen molar-refractivity contribution >= 4 is 0 Å². The minimum atomic E-state index is 0.0330. The minimum absolute atomic E-state index is 0.0330. The fraction of sp³-hybridized carbons (Fsp3) is 0.294. The van der Waals surface area contributed by atoms with Gasteiger partial charge in [-0.2, -0.15) is 0 Å². The number of rotatable bonds is 4. The summed E-state index contributed by atoms with van der Waals surface area (Å²) in [6.07, 6.45) is 0. The second-order valence-electron chi connectivity index (χ2n) is 4.93. The van der Waals surface area contributed by atoms with Gasteiger partial charge in [0, 0.05) is 5.56 Å². The van der Waals surface area contributed by atoms with Crippen LogP contribution in [0.15, 0.2) is 42.5 Å². The number of methoxy groups -OCH3 is 1. The molecular weight excluding hydrogens is 236 g/mol. The predicted molar refractivity (Wildman–Crippen MR) is 78.4 cm³/mol. The normalized spacial score (nSPS) is 10.8. The number of hydrogen-bond acceptors (Lipinski definition) is 2. The molecule has 2 aromatic carbocycles. The Morgan fingerprint density at radius 1 is 1.05 bits per heavy atom. The topological polar surface area (TPSA) is 29.5 Å². The average molecular weight is 256 g/mol. The zero-order chi connectivity index (χ0) is 13.8. The Balaban J connectivity index is 2.55. The third-order valence-corrected chi connectivity index (χ3v) is 3.37. The molecule has 0 bridgehead atoms. The van der Waals surface area contributed by atoms with E-state index < -0.39 is 0 Å². The number of benzene rings is 2. The van der Waals surface area contributed by atoms with Gasteiger partial charge in [-0.15, -0.1) is 0 Å². The van der Waals surface area contributed by atoms with E-state index in [9.17, 15) is 5.11 Å². The van der Waals surface area contributed by atoms with E-state index >= 15 is 0 Å². The van der Waals surface area contributed by atoms with Crippen molar-refractivity contribution in [1.82, 2.24) is 0 Å². The van der Waals surface area contributed by atoms with Crippen molar-refractivity contribution in [2.45, 2.75) is 26.4 Å². The smallest absolute Gasteiger partial charge is 0.126 e. The van der Waals surface area contributed by atoms with E-state index in [1.54, 1.807) is 7.11 Å². The first-order chi connectivity index (χ1) is 9.17. The molecule has 0 saturated heterocycles. The summed E-state index contributed by atoms with van der Waals surface area (Å²) >= 11 is 0. The molecular formula is C17H20O2. The van der Waals surface area contributed by atoms with Gasteiger partial charge in [-0.25, -0.2) is 0 Å². The van der Waals surface area contributed by atoms with E-state index in [4.69, 9.17) is 4.74 Å². The predicted octanol–water partition coefficient (Wildman–Crippen LogP) is 3.98. The van der Waals surface area contributed by atoms with Crippen molar-refractivity contribution in [3.8, 4) is 16.9 Å². The molecule has 0 aliphatic heterocycles. The van der Waals surface area contributed by atoms with Crippen LogP contribution in [0.25, 0.3) is 11.1 Å². The first-order valence-corrected chi connectivity index (χ1v) is 6.54. The molecule has 1 N–H and O–H groups in total. The Kier molecular flexibility index (Phi) is 4.23. The summed E-state index contributed by atoms with van der Waals surface area (Å²) in [7, 11) is 1.69. The highest BCUT2D eigenvalue weighted by molar-refractivity contribution is 5.73. The SMILES string of the molecule is COc1cc(C(C)C)ccc1-c1ccccc1CO. The van der Waals surface area contributed by atoms with Crippen LogP contribution in [0, 0.1) is 0 Å².